The topological polar surface area (TPSA) is 68.5 Å². The first-order valence-corrected chi connectivity index (χ1v) is 10.3. The highest BCUT2D eigenvalue weighted by molar-refractivity contribution is 7.13. The van der Waals surface area contributed by atoms with Crippen molar-refractivity contribution in [2.45, 2.75) is 6.92 Å². The highest BCUT2D eigenvalue weighted by Crippen LogP contribution is 2.40. The molecule has 1 fully saturated rings. The largest absolute Gasteiger partial charge is 0.378 e. The van der Waals surface area contributed by atoms with E-state index in [0.29, 0.717) is 23.8 Å². The molecule has 144 valence electrons. The molecule has 1 aliphatic rings. The highest BCUT2D eigenvalue weighted by Gasteiger charge is 2.22. The summed E-state index contributed by atoms with van der Waals surface area (Å²) in [5.41, 5.74) is 10.7. The molecule has 28 heavy (non-hydrogen) atoms. The fourth-order valence-electron chi connectivity index (χ4n) is 3.48. The number of benzene rings is 2. The number of carbonyl (C=O) groups excluding carboxylic acids is 1. The number of hydrogen-bond donors (Lipinski definition) is 1. The number of thiazole rings is 1. The molecule has 1 aliphatic heterocycles. The van der Waals surface area contributed by atoms with E-state index in [4.69, 9.17) is 27.1 Å². The van der Waals surface area contributed by atoms with Crippen LogP contribution in [-0.2, 0) is 4.74 Å². The maximum absolute atomic E-state index is 11.9. The number of halogens is 1. The number of anilines is 1. The summed E-state index contributed by atoms with van der Waals surface area (Å²) in [6.45, 7) is 4.88. The molecular formula is C21H20ClN3O2S. The molecule has 7 heteroatoms. The van der Waals surface area contributed by atoms with Crippen LogP contribution in [0.2, 0.25) is 5.02 Å². The molecule has 0 spiro atoms. The molecule has 0 bridgehead atoms. The number of amides is 1. The van der Waals surface area contributed by atoms with Crippen molar-refractivity contribution in [3.05, 3.63) is 57.9 Å². The fraction of sp³-hybridized carbons (Fsp3) is 0.238. The summed E-state index contributed by atoms with van der Waals surface area (Å²) in [5, 5.41) is 3.50. The lowest BCUT2D eigenvalue weighted by atomic mass is 9.99. The number of carbonyl (C=O) groups is 1. The van der Waals surface area contributed by atoms with Crippen LogP contribution in [0.15, 0.2) is 41.8 Å². The van der Waals surface area contributed by atoms with E-state index >= 15 is 0 Å². The summed E-state index contributed by atoms with van der Waals surface area (Å²) in [7, 11) is 0. The summed E-state index contributed by atoms with van der Waals surface area (Å²) < 4.78 is 5.49. The molecule has 2 heterocycles. The van der Waals surface area contributed by atoms with Crippen LogP contribution in [0.3, 0.4) is 0 Å². The van der Waals surface area contributed by atoms with E-state index in [1.807, 2.05) is 42.6 Å². The van der Waals surface area contributed by atoms with Crippen LogP contribution in [0.4, 0.5) is 5.69 Å². The first-order chi connectivity index (χ1) is 13.6. The van der Waals surface area contributed by atoms with Gasteiger partial charge in [0.05, 0.1) is 18.9 Å². The summed E-state index contributed by atoms with van der Waals surface area (Å²) in [4.78, 5) is 19.0. The number of nitrogens with two attached hydrogens (primary N) is 1. The number of aromatic nitrogens is 1. The fourth-order valence-corrected chi connectivity index (χ4v) is 4.65. The lowest BCUT2D eigenvalue weighted by Crippen LogP contribution is -2.36. The summed E-state index contributed by atoms with van der Waals surface area (Å²) in [5.74, 6) is -0.435. The molecule has 2 aromatic carbocycles. The Balaban J connectivity index is 1.85. The van der Waals surface area contributed by atoms with Gasteiger partial charge in [-0.2, -0.15) is 0 Å². The van der Waals surface area contributed by atoms with Gasteiger partial charge in [-0.05, 0) is 30.7 Å². The van der Waals surface area contributed by atoms with Gasteiger partial charge >= 0.3 is 0 Å². The SMILES string of the molecule is Cc1c(C(N)=O)ccc(N2CCOCC2)c1-c1nc(-c2ccccc2Cl)cs1. The van der Waals surface area contributed by atoms with Crippen molar-refractivity contribution in [3.8, 4) is 21.8 Å². The first-order valence-electron chi connectivity index (χ1n) is 9.03. The highest BCUT2D eigenvalue weighted by atomic mass is 35.5. The Labute approximate surface area is 172 Å². The molecule has 3 aromatic rings. The molecule has 1 saturated heterocycles. The van der Waals surface area contributed by atoms with Gasteiger partial charge in [0.1, 0.15) is 5.01 Å². The molecule has 2 N–H and O–H groups in total. The van der Waals surface area contributed by atoms with Gasteiger partial charge in [0.25, 0.3) is 0 Å². The number of hydrogen-bond acceptors (Lipinski definition) is 5. The number of primary amides is 1. The van der Waals surface area contributed by atoms with Gasteiger partial charge in [-0.3, -0.25) is 4.79 Å². The smallest absolute Gasteiger partial charge is 0.248 e. The van der Waals surface area contributed by atoms with Crippen LogP contribution >= 0.6 is 22.9 Å². The third-order valence-electron chi connectivity index (χ3n) is 4.93. The van der Waals surface area contributed by atoms with Gasteiger partial charge in [0, 0.05) is 45.9 Å². The number of morpholine rings is 1. The zero-order valence-corrected chi connectivity index (χ0v) is 17.0. The Bertz CT molecular complexity index is 1030. The minimum atomic E-state index is -0.435. The number of nitrogens with zero attached hydrogens (tertiary/aromatic N) is 2. The standard InChI is InChI=1S/C21H20ClN3O2S/c1-13-14(20(23)26)6-7-18(25-8-10-27-11-9-25)19(13)21-24-17(12-28-21)15-4-2-3-5-16(15)22/h2-7,12H,8-11H2,1H3,(H2,23,26). The Morgan fingerprint density at radius 2 is 1.96 bits per heavy atom. The zero-order chi connectivity index (χ0) is 19.7. The first kappa shape index (κ1) is 18.9. The van der Waals surface area contributed by atoms with Crippen molar-refractivity contribution in [2.24, 2.45) is 5.73 Å². The van der Waals surface area contributed by atoms with Gasteiger partial charge in [-0.1, -0.05) is 29.8 Å². The Kier molecular flexibility index (Phi) is 5.35. The molecule has 1 aromatic heterocycles. The molecule has 5 nitrogen and oxygen atoms in total. The summed E-state index contributed by atoms with van der Waals surface area (Å²) in [6.07, 6.45) is 0. The van der Waals surface area contributed by atoms with Gasteiger partial charge in [-0.15, -0.1) is 11.3 Å². The predicted octanol–water partition coefficient (Wildman–Crippen LogP) is 4.37. The van der Waals surface area contributed by atoms with E-state index in [9.17, 15) is 4.79 Å². The average molecular weight is 414 g/mol. The second-order valence-corrected chi connectivity index (χ2v) is 7.88. The van der Waals surface area contributed by atoms with Crippen LogP contribution in [0.5, 0.6) is 0 Å². The molecule has 4 rings (SSSR count). The summed E-state index contributed by atoms with van der Waals surface area (Å²) in [6, 6.07) is 11.4. The van der Waals surface area contributed by atoms with Gasteiger partial charge in [-0.25, -0.2) is 4.98 Å². The van der Waals surface area contributed by atoms with Crippen LogP contribution in [-0.4, -0.2) is 37.2 Å². The van der Waals surface area contributed by atoms with Crippen molar-refractivity contribution in [1.29, 1.82) is 0 Å². The molecule has 1 amide bonds. The minimum Gasteiger partial charge on any atom is -0.378 e. The average Bonchev–Trinajstić information content (AvgIpc) is 3.18. The van der Waals surface area contributed by atoms with E-state index in [2.05, 4.69) is 4.90 Å². The Morgan fingerprint density at radius 3 is 2.68 bits per heavy atom. The minimum absolute atomic E-state index is 0.435. The third kappa shape index (κ3) is 3.51. The van der Waals surface area contributed by atoms with Gasteiger partial charge in [0.2, 0.25) is 5.91 Å². The molecule has 0 unspecified atom stereocenters. The van der Waals surface area contributed by atoms with Crippen LogP contribution in [0, 0.1) is 6.92 Å². The quantitative estimate of drug-likeness (QED) is 0.689. The Morgan fingerprint density at radius 1 is 1.21 bits per heavy atom. The van der Waals surface area contributed by atoms with Crippen molar-refractivity contribution in [3.63, 3.8) is 0 Å². The van der Waals surface area contributed by atoms with Crippen LogP contribution in [0.25, 0.3) is 21.8 Å². The maximum atomic E-state index is 11.9. The lowest BCUT2D eigenvalue weighted by molar-refractivity contribution is 0.0999. The number of rotatable bonds is 4. The van der Waals surface area contributed by atoms with Gasteiger partial charge < -0.3 is 15.4 Å². The number of ether oxygens (including phenoxy) is 1. The normalized spacial score (nSPS) is 14.3. The monoisotopic (exact) mass is 413 g/mol. The zero-order valence-electron chi connectivity index (χ0n) is 15.4. The van der Waals surface area contributed by atoms with E-state index in [0.717, 1.165) is 46.2 Å². The van der Waals surface area contributed by atoms with E-state index < -0.39 is 5.91 Å². The van der Waals surface area contributed by atoms with Crippen LogP contribution in [0.1, 0.15) is 15.9 Å². The van der Waals surface area contributed by atoms with Crippen molar-refractivity contribution in [2.75, 3.05) is 31.2 Å². The maximum Gasteiger partial charge on any atom is 0.248 e. The predicted molar refractivity (Wildman–Crippen MR) is 114 cm³/mol. The van der Waals surface area contributed by atoms with Crippen LogP contribution < -0.4 is 10.6 Å². The van der Waals surface area contributed by atoms with Crippen molar-refractivity contribution >= 4 is 34.5 Å². The molecule has 0 radical (unpaired) electrons. The van der Waals surface area contributed by atoms with Crippen molar-refractivity contribution < 1.29 is 9.53 Å². The van der Waals surface area contributed by atoms with Crippen molar-refractivity contribution in [1.82, 2.24) is 4.98 Å². The van der Waals surface area contributed by atoms with E-state index in [-0.39, 0.29) is 0 Å². The summed E-state index contributed by atoms with van der Waals surface area (Å²) >= 11 is 7.89. The van der Waals surface area contributed by atoms with E-state index in [1.54, 1.807) is 6.07 Å². The molecular weight excluding hydrogens is 394 g/mol. The Hall–Kier alpha value is -2.41. The third-order valence-corrected chi connectivity index (χ3v) is 6.12. The lowest BCUT2D eigenvalue weighted by Gasteiger charge is -2.31. The van der Waals surface area contributed by atoms with E-state index in [1.165, 1.54) is 11.3 Å². The molecule has 0 saturated carbocycles. The molecule has 0 aliphatic carbocycles. The second kappa shape index (κ2) is 7.91. The van der Waals surface area contributed by atoms with Gasteiger partial charge in [0.15, 0.2) is 0 Å². The molecule has 0 atom stereocenters. The second-order valence-electron chi connectivity index (χ2n) is 6.61.